The molecule has 20 heavy (non-hydrogen) atoms. The van der Waals surface area contributed by atoms with Crippen LogP contribution in [0.3, 0.4) is 0 Å². The van der Waals surface area contributed by atoms with Crippen LogP contribution in [-0.2, 0) is 11.3 Å². The van der Waals surface area contributed by atoms with Crippen LogP contribution >= 0.6 is 0 Å². The number of nitrogens with zero attached hydrogens (tertiary/aromatic N) is 3. The van der Waals surface area contributed by atoms with Crippen molar-refractivity contribution in [2.24, 2.45) is 0 Å². The summed E-state index contributed by atoms with van der Waals surface area (Å²) >= 11 is 0. The van der Waals surface area contributed by atoms with Crippen molar-refractivity contribution >= 4 is 17.4 Å². The van der Waals surface area contributed by atoms with Crippen LogP contribution in [0.15, 0.2) is 24.4 Å². The molecule has 2 heterocycles. The second kappa shape index (κ2) is 6.38. The fourth-order valence-electron chi connectivity index (χ4n) is 2.21. The molecule has 2 rings (SSSR count). The molecule has 2 N–H and O–H groups in total. The van der Waals surface area contributed by atoms with Crippen molar-refractivity contribution < 1.29 is 4.79 Å². The molecule has 6 nitrogen and oxygen atoms in total. The lowest BCUT2D eigenvalue weighted by Gasteiger charge is -2.21. The number of fused-ring (bicyclic) bond motifs is 1. The fourth-order valence-corrected chi connectivity index (χ4v) is 2.21. The summed E-state index contributed by atoms with van der Waals surface area (Å²) in [7, 11) is 3.55. The van der Waals surface area contributed by atoms with E-state index in [9.17, 15) is 4.79 Å². The smallest absolute Gasteiger partial charge is 0.239 e. The van der Waals surface area contributed by atoms with Crippen molar-refractivity contribution in [2.45, 2.75) is 13.5 Å². The molecule has 0 spiro atoms. The first kappa shape index (κ1) is 14.3. The SMILES string of the molecule is CCN(CC(=O)NC)c1nc2ccccn2c1CNC. The van der Waals surface area contributed by atoms with E-state index in [1.807, 2.05) is 43.3 Å². The van der Waals surface area contributed by atoms with Crippen LogP contribution in [0.2, 0.25) is 0 Å². The predicted molar refractivity (Wildman–Crippen MR) is 79.9 cm³/mol. The number of likely N-dealkylation sites (N-methyl/N-ethyl adjacent to an activating group) is 2. The van der Waals surface area contributed by atoms with Gasteiger partial charge in [0.25, 0.3) is 0 Å². The van der Waals surface area contributed by atoms with Gasteiger partial charge < -0.3 is 19.9 Å². The number of amides is 1. The Hall–Kier alpha value is -2.08. The van der Waals surface area contributed by atoms with Gasteiger partial charge in [-0.1, -0.05) is 6.07 Å². The Morgan fingerprint density at radius 2 is 2.20 bits per heavy atom. The van der Waals surface area contributed by atoms with Crippen LogP contribution in [0.4, 0.5) is 5.82 Å². The molecule has 0 unspecified atom stereocenters. The zero-order valence-corrected chi connectivity index (χ0v) is 12.2. The summed E-state index contributed by atoms with van der Waals surface area (Å²) in [6, 6.07) is 5.91. The van der Waals surface area contributed by atoms with Gasteiger partial charge in [-0.2, -0.15) is 0 Å². The molecule has 0 aliphatic carbocycles. The minimum Gasteiger partial charge on any atom is -0.358 e. The van der Waals surface area contributed by atoms with Crippen molar-refractivity contribution in [1.29, 1.82) is 0 Å². The Balaban J connectivity index is 2.44. The molecule has 0 aromatic carbocycles. The molecular weight excluding hydrogens is 254 g/mol. The molecule has 0 radical (unpaired) electrons. The summed E-state index contributed by atoms with van der Waals surface area (Å²) in [6.07, 6.45) is 1.99. The minimum absolute atomic E-state index is 0.0145. The second-order valence-electron chi connectivity index (χ2n) is 4.53. The molecule has 0 atom stereocenters. The van der Waals surface area contributed by atoms with Crippen LogP contribution in [0.1, 0.15) is 12.6 Å². The number of carbonyl (C=O) groups is 1. The maximum Gasteiger partial charge on any atom is 0.239 e. The van der Waals surface area contributed by atoms with Gasteiger partial charge in [0.1, 0.15) is 5.65 Å². The van der Waals surface area contributed by atoms with Gasteiger partial charge in [-0.05, 0) is 26.1 Å². The van der Waals surface area contributed by atoms with Crippen molar-refractivity contribution in [3.8, 4) is 0 Å². The fraction of sp³-hybridized carbons (Fsp3) is 0.429. The Labute approximate surface area is 118 Å². The molecule has 1 amide bonds. The van der Waals surface area contributed by atoms with E-state index >= 15 is 0 Å². The van der Waals surface area contributed by atoms with Gasteiger partial charge >= 0.3 is 0 Å². The number of pyridine rings is 1. The molecular formula is C14H21N5O. The molecule has 0 bridgehead atoms. The standard InChI is InChI=1S/C14H21N5O/c1-4-18(10-13(20)16-3)14-11(9-15-2)19-8-6-5-7-12(19)17-14/h5-8,15H,4,9-10H2,1-3H3,(H,16,20). The van der Waals surface area contributed by atoms with E-state index in [4.69, 9.17) is 0 Å². The molecule has 0 saturated carbocycles. The zero-order valence-electron chi connectivity index (χ0n) is 12.2. The maximum atomic E-state index is 11.6. The number of hydrogen-bond acceptors (Lipinski definition) is 4. The van der Waals surface area contributed by atoms with Gasteiger partial charge in [0.2, 0.25) is 5.91 Å². The van der Waals surface area contributed by atoms with Crippen LogP contribution in [0, 0.1) is 0 Å². The highest BCUT2D eigenvalue weighted by atomic mass is 16.1. The highest BCUT2D eigenvalue weighted by molar-refractivity contribution is 5.81. The number of nitrogens with one attached hydrogen (secondary N) is 2. The summed E-state index contributed by atoms with van der Waals surface area (Å²) in [5.74, 6) is 0.843. The Morgan fingerprint density at radius 1 is 1.40 bits per heavy atom. The molecule has 0 saturated heterocycles. The van der Waals surface area contributed by atoms with Crippen LogP contribution in [0.25, 0.3) is 5.65 Å². The van der Waals surface area contributed by atoms with E-state index in [1.54, 1.807) is 7.05 Å². The number of imidazole rings is 1. The summed E-state index contributed by atoms with van der Waals surface area (Å²) in [6.45, 7) is 3.77. The third-order valence-electron chi connectivity index (χ3n) is 3.25. The highest BCUT2D eigenvalue weighted by Gasteiger charge is 2.18. The number of anilines is 1. The van der Waals surface area contributed by atoms with Gasteiger partial charge in [-0.25, -0.2) is 4.98 Å². The molecule has 2 aromatic rings. The zero-order chi connectivity index (χ0) is 14.5. The van der Waals surface area contributed by atoms with E-state index in [0.29, 0.717) is 13.1 Å². The van der Waals surface area contributed by atoms with Crippen molar-refractivity contribution in [2.75, 3.05) is 32.1 Å². The molecule has 0 aliphatic rings. The first-order chi connectivity index (χ1) is 9.71. The maximum absolute atomic E-state index is 11.6. The van der Waals surface area contributed by atoms with E-state index in [1.165, 1.54) is 0 Å². The highest BCUT2D eigenvalue weighted by Crippen LogP contribution is 2.21. The van der Waals surface area contributed by atoms with Crippen molar-refractivity contribution in [1.82, 2.24) is 20.0 Å². The van der Waals surface area contributed by atoms with Gasteiger partial charge in [0.15, 0.2) is 5.82 Å². The lowest BCUT2D eigenvalue weighted by atomic mass is 10.3. The van der Waals surface area contributed by atoms with Gasteiger partial charge in [0, 0.05) is 26.3 Å². The monoisotopic (exact) mass is 275 g/mol. The van der Waals surface area contributed by atoms with Gasteiger partial charge in [0.05, 0.1) is 12.2 Å². The Kier molecular flexibility index (Phi) is 4.57. The van der Waals surface area contributed by atoms with Crippen LogP contribution in [0.5, 0.6) is 0 Å². The average Bonchev–Trinajstić information content (AvgIpc) is 2.84. The normalized spacial score (nSPS) is 10.8. The average molecular weight is 275 g/mol. The molecule has 108 valence electrons. The first-order valence-corrected chi connectivity index (χ1v) is 6.77. The number of aromatic nitrogens is 2. The Morgan fingerprint density at radius 3 is 2.85 bits per heavy atom. The van der Waals surface area contributed by atoms with Crippen molar-refractivity contribution in [3.05, 3.63) is 30.1 Å². The molecule has 2 aromatic heterocycles. The van der Waals surface area contributed by atoms with E-state index in [2.05, 4.69) is 20.0 Å². The Bertz CT molecular complexity index is 592. The molecule has 6 heteroatoms. The summed E-state index contributed by atoms with van der Waals surface area (Å²) in [4.78, 5) is 18.3. The molecule has 0 fully saturated rings. The van der Waals surface area contributed by atoms with E-state index < -0.39 is 0 Å². The van der Waals surface area contributed by atoms with E-state index in [0.717, 1.165) is 23.7 Å². The minimum atomic E-state index is -0.0145. The van der Waals surface area contributed by atoms with Crippen molar-refractivity contribution in [3.63, 3.8) is 0 Å². The summed E-state index contributed by atoms with van der Waals surface area (Å²) in [5.41, 5.74) is 1.96. The second-order valence-corrected chi connectivity index (χ2v) is 4.53. The van der Waals surface area contributed by atoms with E-state index in [-0.39, 0.29) is 5.91 Å². The lowest BCUT2D eigenvalue weighted by molar-refractivity contribution is -0.119. The first-order valence-electron chi connectivity index (χ1n) is 6.77. The predicted octanol–water partition coefficient (Wildman–Crippen LogP) is 0.626. The molecule has 0 aliphatic heterocycles. The third-order valence-corrected chi connectivity index (χ3v) is 3.25. The number of hydrogen-bond donors (Lipinski definition) is 2. The largest absolute Gasteiger partial charge is 0.358 e. The van der Waals surface area contributed by atoms with Crippen LogP contribution in [-0.4, -0.2) is 42.5 Å². The lowest BCUT2D eigenvalue weighted by Crippen LogP contribution is -2.36. The number of rotatable bonds is 6. The quantitative estimate of drug-likeness (QED) is 0.811. The van der Waals surface area contributed by atoms with Crippen LogP contribution < -0.4 is 15.5 Å². The van der Waals surface area contributed by atoms with Gasteiger partial charge in [-0.15, -0.1) is 0 Å². The summed E-state index contributed by atoms with van der Waals surface area (Å²) in [5, 5.41) is 5.81. The topological polar surface area (TPSA) is 61.7 Å². The third kappa shape index (κ3) is 2.75. The number of carbonyl (C=O) groups excluding carboxylic acids is 1. The van der Waals surface area contributed by atoms with Gasteiger partial charge in [-0.3, -0.25) is 4.79 Å². The summed E-state index contributed by atoms with van der Waals surface area (Å²) < 4.78 is 2.05.